The molecule has 1 aromatic carbocycles. The highest BCUT2D eigenvalue weighted by atomic mass is 19.1. The van der Waals surface area contributed by atoms with Gasteiger partial charge in [-0.3, -0.25) is 0 Å². The van der Waals surface area contributed by atoms with E-state index < -0.39 is 24.0 Å². The number of likely N-dealkylation sites (N-methyl/N-ethyl adjacent to an activating group) is 1. The fourth-order valence-electron chi connectivity index (χ4n) is 1.45. The molecule has 0 radical (unpaired) electrons. The monoisotopic (exact) mass is 243 g/mol. The Balaban J connectivity index is 3.01. The summed E-state index contributed by atoms with van der Waals surface area (Å²) in [4.78, 5) is 10.7. The molecule has 1 aromatic rings. The summed E-state index contributed by atoms with van der Waals surface area (Å²) in [6.45, 7) is 0.111. The smallest absolute Gasteiger partial charge is 0.335 e. The van der Waals surface area contributed by atoms with Crippen molar-refractivity contribution in [2.24, 2.45) is 0 Å². The first-order chi connectivity index (χ1) is 7.95. The average molecular weight is 243 g/mol. The number of carbonyl (C=O) groups is 1. The summed E-state index contributed by atoms with van der Waals surface area (Å²) in [6.07, 6.45) is -2.47. The van der Waals surface area contributed by atoms with Crippen molar-refractivity contribution in [2.45, 2.75) is 12.2 Å². The van der Waals surface area contributed by atoms with Crippen molar-refractivity contribution in [3.8, 4) is 0 Å². The van der Waals surface area contributed by atoms with Crippen molar-refractivity contribution in [1.29, 1.82) is 0 Å². The Morgan fingerprint density at radius 1 is 1.41 bits per heavy atom. The number of hydrogen-bond acceptors (Lipinski definition) is 4. The molecule has 6 heteroatoms. The average Bonchev–Trinajstić information content (AvgIpc) is 2.27. The minimum absolute atomic E-state index is 0.0325. The van der Waals surface area contributed by atoms with Crippen LogP contribution in [0.4, 0.5) is 4.39 Å². The predicted molar refractivity (Wildman–Crippen MR) is 58.3 cm³/mol. The topological polar surface area (TPSA) is 89.8 Å². The number of carboxylic acids is 1. The lowest BCUT2D eigenvalue weighted by Crippen LogP contribution is -2.29. The zero-order valence-electron chi connectivity index (χ0n) is 9.22. The van der Waals surface area contributed by atoms with E-state index in [1.807, 2.05) is 0 Å². The van der Waals surface area contributed by atoms with E-state index in [9.17, 15) is 19.4 Å². The number of benzene rings is 1. The Hall–Kier alpha value is -1.50. The molecule has 0 aliphatic carbocycles. The van der Waals surface area contributed by atoms with Crippen molar-refractivity contribution in [2.75, 3.05) is 13.6 Å². The maximum absolute atomic E-state index is 13.1. The molecule has 17 heavy (non-hydrogen) atoms. The normalized spacial score (nSPS) is 14.4. The lowest BCUT2D eigenvalue weighted by atomic mass is 10.0. The molecule has 0 aliphatic heterocycles. The molecule has 4 N–H and O–H groups in total. The summed E-state index contributed by atoms with van der Waals surface area (Å²) >= 11 is 0. The number of aromatic carboxylic acids is 1. The molecule has 5 nitrogen and oxygen atoms in total. The zero-order chi connectivity index (χ0) is 13.0. The highest BCUT2D eigenvalue weighted by Crippen LogP contribution is 2.19. The van der Waals surface area contributed by atoms with Gasteiger partial charge < -0.3 is 20.6 Å². The van der Waals surface area contributed by atoms with Crippen LogP contribution in [0.2, 0.25) is 0 Å². The molecule has 2 unspecified atom stereocenters. The van der Waals surface area contributed by atoms with Gasteiger partial charge in [-0.15, -0.1) is 0 Å². The van der Waals surface area contributed by atoms with Crippen molar-refractivity contribution in [1.82, 2.24) is 5.32 Å². The van der Waals surface area contributed by atoms with E-state index in [4.69, 9.17) is 5.11 Å². The molecule has 0 heterocycles. The van der Waals surface area contributed by atoms with Crippen LogP contribution in [0.1, 0.15) is 22.0 Å². The minimum Gasteiger partial charge on any atom is -0.478 e. The summed E-state index contributed by atoms with van der Waals surface area (Å²) in [5.74, 6) is -2.06. The molecular weight excluding hydrogens is 229 g/mol. The van der Waals surface area contributed by atoms with Crippen LogP contribution in [0.25, 0.3) is 0 Å². The maximum Gasteiger partial charge on any atom is 0.335 e. The van der Waals surface area contributed by atoms with E-state index in [-0.39, 0.29) is 17.7 Å². The Labute approximate surface area is 97.5 Å². The predicted octanol–water partition coefficient (Wildman–Crippen LogP) is 0.138. The molecule has 2 atom stereocenters. The van der Waals surface area contributed by atoms with Crippen LogP contribution in [0.3, 0.4) is 0 Å². The molecule has 0 saturated heterocycles. The number of nitrogens with one attached hydrogen (secondary N) is 1. The number of aliphatic hydroxyl groups is 2. The quantitative estimate of drug-likeness (QED) is 0.590. The van der Waals surface area contributed by atoms with Gasteiger partial charge in [0.05, 0.1) is 11.7 Å². The van der Waals surface area contributed by atoms with Crippen LogP contribution in [-0.4, -0.2) is 41.0 Å². The Morgan fingerprint density at radius 3 is 2.59 bits per heavy atom. The lowest BCUT2D eigenvalue weighted by Gasteiger charge is -2.18. The van der Waals surface area contributed by atoms with E-state index in [1.54, 1.807) is 7.05 Å². The summed E-state index contributed by atoms with van der Waals surface area (Å²) in [5, 5.41) is 30.6. The van der Waals surface area contributed by atoms with Gasteiger partial charge >= 0.3 is 5.97 Å². The van der Waals surface area contributed by atoms with Gasteiger partial charge in [0, 0.05) is 6.54 Å². The second kappa shape index (κ2) is 5.72. The van der Waals surface area contributed by atoms with Gasteiger partial charge in [0.2, 0.25) is 0 Å². The highest BCUT2D eigenvalue weighted by molar-refractivity contribution is 5.87. The Morgan fingerprint density at radius 2 is 2.06 bits per heavy atom. The first-order valence-corrected chi connectivity index (χ1v) is 5.00. The molecule has 0 amide bonds. The van der Waals surface area contributed by atoms with Gasteiger partial charge in [0.25, 0.3) is 0 Å². The second-order valence-corrected chi connectivity index (χ2v) is 3.65. The van der Waals surface area contributed by atoms with Crippen LogP contribution in [0.5, 0.6) is 0 Å². The highest BCUT2D eigenvalue weighted by Gasteiger charge is 2.19. The van der Waals surface area contributed by atoms with Crippen molar-refractivity contribution in [3.05, 3.63) is 35.1 Å². The zero-order valence-corrected chi connectivity index (χ0v) is 9.22. The van der Waals surface area contributed by atoms with E-state index in [0.29, 0.717) is 0 Å². The van der Waals surface area contributed by atoms with Gasteiger partial charge in [-0.25, -0.2) is 9.18 Å². The number of carboxylic acid groups (broad SMARTS) is 1. The lowest BCUT2D eigenvalue weighted by molar-refractivity contribution is 0.0200. The third-order valence-corrected chi connectivity index (χ3v) is 2.29. The van der Waals surface area contributed by atoms with Gasteiger partial charge in [-0.2, -0.15) is 0 Å². The molecule has 0 aliphatic rings. The van der Waals surface area contributed by atoms with Crippen LogP contribution in [0.15, 0.2) is 18.2 Å². The fraction of sp³-hybridized carbons (Fsp3) is 0.364. The maximum atomic E-state index is 13.1. The van der Waals surface area contributed by atoms with Crippen molar-refractivity contribution in [3.63, 3.8) is 0 Å². The fourth-order valence-corrected chi connectivity index (χ4v) is 1.45. The second-order valence-electron chi connectivity index (χ2n) is 3.65. The van der Waals surface area contributed by atoms with E-state index in [1.165, 1.54) is 0 Å². The molecule has 0 fully saturated rings. The van der Waals surface area contributed by atoms with E-state index >= 15 is 0 Å². The van der Waals surface area contributed by atoms with Crippen LogP contribution in [0, 0.1) is 5.82 Å². The third-order valence-electron chi connectivity index (χ3n) is 2.29. The number of hydrogen-bond donors (Lipinski definition) is 4. The van der Waals surface area contributed by atoms with Gasteiger partial charge in [-0.05, 0) is 30.8 Å². The van der Waals surface area contributed by atoms with Crippen LogP contribution < -0.4 is 5.32 Å². The summed E-state index contributed by atoms with van der Waals surface area (Å²) in [5.41, 5.74) is -0.235. The molecule has 1 rings (SSSR count). The molecule has 94 valence electrons. The summed E-state index contributed by atoms with van der Waals surface area (Å²) < 4.78 is 13.1. The van der Waals surface area contributed by atoms with Crippen molar-refractivity contribution < 1.29 is 24.5 Å². The van der Waals surface area contributed by atoms with Gasteiger partial charge in [0.15, 0.2) is 0 Å². The molecule has 0 bridgehead atoms. The molecule has 0 spiro atoms. The first-order valence-electron chi connectivity index (χ1n) is 5.00. The number of halogens is 1. The third kappa shape index (κ3) is 3.48. The number of aliphatic hydroxyl groups excluding tert-OH is 2. The Bertz CT molecular complexity index is 410. The van der Waals surface area contributed by atoms with Crippen LogP contribution in [-0.2, 0) is 0 Å². The molecular formula is C11H14FNO4. The molecule has 0 aromatic heterocycles. The minimum atomic E-state index is -1.34. The van der Waals surface area contributed by atoms with E-state index in [0.717, 1.165) is 18.2 Å². The van der Waals surface area contributed by atoms with Gasteiger partial charge in [-0.1, -0.05) is 0 Å². The first kappa shape index (κ1) is 13.6. The van der Waals surface area contributed by atoms with Gasteiger partial charge in [0.1, 0.15) is 11.9 Å². The molecule has 0 saturated carbocycles. The largest absolute Gasteiger partial charge is 0.478 e. The van der Waals surface area contributed by atoms with Crippen molar-refractivity contribution >= 4 is 5.97 Å². The van der Waals surface area contributed by atoms with E-state index in [2.05, 4.69) is 5.32 Å². The number of rotatable bonds is 5. The Kier molecular flexibility index (Phi) is 4.56. The summed E-state index contributed by atoms with van der Waals surface area (Å²) in [7, 11) is 1.59. The SMILES string of the molecule is CNCC(O)C(O)c1cc(F)cc(C(=O)O)c1. The summed E-state index contributed by atoms with van der Waals surface area (Å²) in [6, 6.07) is 2.98. The van der Waals surface area contributed by atoms with Crippen LogP contribution >= 0.6 is 0 Å². The standard InChI is InChI=1S/C11H14FNO4/c1-13-5-9(14)10(15)6-2-7(11(16)17)4-8(12)3-6/h2-4,9-10,13-15H,5H2,1H3,(H,16,17).